The zero-order valence-corrected chi connectivity index (χ0v) is 13.1. The molecular formula is C19H23NO. The summed E-state index contributed by atoms with van der Waals surface area (Å²) in [6, 6.07) is 14.9. The standard InChI is InChI=1S/C19H23NO/c1-4-20-12-11-19(2,3)14-9-10-18-16(13-14)15-7-5-6-8-17(15)21-18/h5-10,13,20H,4,11-12H2,1-3H3. The predicted octanol–water partition coefficient (Wildman–Crippen LogP) is 4.86. The van der Waals surface area contributed by atoms with E-state index in [1.54, 1.807) is 0 Å². The van der Waals surface area contributed by atoms with E-state index >= 15 is 0 Å². The third-order valence-electron chi connectivity index (χ3n) is 4.33. The monoisotopic (exact) mass is 281 g/mol. The maximum Gasteiger partial charge on any atom is 0.135 e. The lowest BCUT2D eigenvalue weighted by molar-refractivity contribution is 0.461. The predicted molar refractivity (Wildman–Crippen MR) is 89.9 cm³/mol. The summed E-state index contributed by atoms with van der Waals surface area (Å²) in [6.07, 6.45) is 1.13. The zero-order chi connectivity index (χ0) is 14.9. The van der Waals surface area contributed by atoms with E-state index in [4.69, 9.17) is 4.42 Å². The van der Waals surface area contributed by atoms with Crippen molar-refractivity contribution >= 4 is 21.9 Å². The highest BCUT2D eigenvalue weighted by Gasteiger charge is 2.21. The largest absolute Gasteiger partial charge is 0.456 e. The highest BCUT2D eigenvalue weighted by Crippen LogP contribution is 2.34. The maximum absolute atomic E-state index is 5.91. The third kappa shape index (κ3) is 2.68. The van der Waals surface area contributed by atoms with Gasteiger partial charge in [0.1, 0.15) is 11.2 Å². The molecule has 21 heavy (non-hydrogen) atoms. The Hall–Kier alpha value is -1.80. The smallest absolute Gasteiger partial charge is 0.135 e. The molecule has 0 atom stereocenters. The van der Waals surface area contributed by atoms with Crippen molar-refractivity contribution in [2.45, 2.75) is 32.6 Å². The summed E-state index contributed by atoms with van der Waals surface area (Å²) >= 11 is 0. The molecule has 1 N–H and O–H groups in total. The average molecular weight is 281 g/mol. The first-order valence-electron chi connectivity index (χ1n) is 7.74. The van der Waals surface area contributed by atoms with Crippen LogP contribution in [0.5, 0.6) is 0 Å². The molecule has 0 saturated carbocycles. The van der Waals surface area contributed by atoms with Crippen LogP contribution in [0.2, 0.25) is 0 Å². The van der Waals surface area contributed by atoms with Crippen molar-refractivity contribution in [1.82, 2.24) is 5.32 Å². The molecule has 0 saturated heterocycles. The van der Waals surface area contributed by atoms with Gasteiger partial charge >= 0.3 is 0 Å². The number of furan rings is 1. The molecule has 0 aliphatic rings. The van der Waals surface area contributed by atoms with E-state index in [1.165, 1.54) is 16.3 Å². The van der Waals surface area contributed by atoms with Crippen LogP contribution in [-0.4, -0.2) is 13.1 Å². The van der Waals surface area contributed by atoms with Gasteiger partial charge in [0.15, 0.2) is 0 Å². The van der Waals surface area contributed by atoms with Gasteiger partial charge in [-0.05, 0) is 48.7 Å². The van der Waals surface area contributed by atoms with Gasteiger partial charge < -0.3 is 9.73 Å². The van der Waals surface area contributed by atoms with Crippen LogP contribution in [0.25, 0.3) is 21.9 Å². The molecule has 0 spiro atoms. The summed E-state index contributed by atoms with van der Waals surface area (Å²) < 4.78 is 5.91. The summed E-state index contributed by atoms with van der Waals surface area (Å²) in [7, 11) is 0. The van der Waals surface area contributed by atoms with Crippen LogP contribution in [0.3, 0.4) is 0 Å². The first-order valence-corrected chi connectivity index (χ1v) is 7.74. The van der Waals surface area contributed by atoms with Gasteiger partial charge in [-0.2, -0.15) is 0 Å². The third-order valence-corrected chi connectivity index (χ3v) is 4.33. The van der Waals surface area contributed by atoms with Crippen LogP contribution in [0, 0.1) is 0 Å². The fourth-order valence-electron chi connectivity index (χ4n) is 2.87. The van der Waals surface area contributed by atoms with E-state index in [-0.39, 0.29) is 5.41 Å². The summed E-state index contributed by atoms with van der Waals surface area (Å²) in [4.78, 5) is 0. The van der Waals surface area contributed by atoms with Crippen LogP contribution in [0.15, 0.2) is 46.9 Å². The second-order valence-electron chi connectivity index (χ2n) is 6.30. The molecule has 2 nitrogen and oxygen atoms in total. The second kappa shape index (κ2) is 5.53. The SMILES string of the molecule is CCNCCC(C)(C)c1ccc2oc3ccccc3c2c1. The number of rotatable bonds is 5. The normalized spacial score (nSPS) is 12.3. The molecule has 0 radical (unpaired) electrons. The fraction of sp³-hybridized carbons (Fsp3) is 0.368. The minimum atomic E-state index is 0.161. The van der Waals surface area contributed by atoms with Crippen molar-refractivity contribution in [3.63, 3.8) is 0 Å². The van der Waals surface area contributed by atoms with Crippen molar-refractivity contribution in [2.24, 2.45) is 0 Å². The van der Waals surface area contributed by atoms with Crippen molar-refractivity contribution in [1.29, 1.82) is 0 Å². The minimum absolute atomic E-state index is 0.161. The molecule has 0 unspecified atom stereocenters. The first kappa shape index (κ1) is 14.2. The maximum atomic E-state index is 5.91. The van der Waals surface area contributed by atoms with Crippen molar-refractivity contribution in [3.05, 3.63) is 48.0 Å². The summed E-state index contributed by atoms with van der Waals surface area (Å²) in [5, 5.41) is 5.84. The Bertz CT molecular complexity index is 754. The Labute approximate surface area is 126 Å². The van der Waals surface area contributed by atoms with Crippen LogP contribution in [0.4, 0.5) is 0 Å². The van der Waals surface area contributed by atoms with E-state index in [0.29, 0.717) is 0 Å². The van der Waals surface area contributed by atoms with Gasteiger partial charge in [0.05, 0.1) is 0 Å². The van der Waals surface area contributed by atoms with E-state index in [2.05, 4.69) is 56.4 Å². The van der Waals surface area contributed by atoms with Crippen LogP contribution in [0.1, 0.15) is 32.8 Å². The average Bonchev–Trinajstić information content (AvgIpc) is 2.85. The zero-order valence-electron chi connectivity index (χ0n) is 13.1. The van der Waals surface area contributed by atoms with Gasteiger partial charge in [-0.1, -0.05) is 45.0 Å². The lowest BCUT2D eigenvalue weighted by Crippen LogP contribution is -2.25. The quantitative estimate of drug-likeness (QED) is 0.675. The summed E-state index contributed by atoms with van der Waals surface area (Å²) in [6.45, 7) is 8.85. The van der Waals surface area contributed by atoms with Gasteiger partial charge in [-0.15, -0.1) is 0 Å². The van der Waals surface area contributed by atoms with E-state index in [0.717, 1.165) is 30.7 Å². The highest BCUT2D eigenvalue weighted by atomic mass is 16.3. The van der Waals surface area contributed by atoms with Gasteiger partial charge in [-0.3, -0.25) is 0 Å². The Kier molecular flexibility index (Phi) is 3.73. The summed E-state index contributed by atoms with van der Waals surface area (Å²) in [5.74, 6) is 0. The number of benzene rings is 2. The van der Waals surface area contributed by atoms with Gasteiger partial charge in [0, 0.05) is 10.8 Å². The molecule has 0 bridgehead atoms. The fourth-order valence-corrected chi connectivity index (χ4v) is 2.87. The molecular weight excluding hydrogens is 258 g/mol. The van der Waals surface area contributed by atoms with Crippen molar-refractivity contribution in [3.8, 4) is 0 Å². The molecule has 1 heterocycles. The minimum Gasteiger partial charge on any atom is -0.456 e. The molecule has 0 aliphatic carbocycles. The number of hydrogen-bond acceptors (Lipinski definition) is 2. The molecule has 3 aromatic rings. The van der Waals surface area contributed by atoms with E-state index in [1.807, 2.05) is 12.1 Å². The molecule has 0 aliphatic heterocycles. The number of para-hydroxylation sites is 1. The lowest BCUT2D eigenvalue weighted by Gasteiger charge is -2.25. The number of nitrogens with one attached hydrogen (secondary N) is 1. The highest BCUT2D eigenvalue weighted by molar-refractivity contribution is 6.05. The lowest BCUT2D eigenvalue weighted by atomic mass is 9.81. The van der Waals surface area contributed by atoms with Gasteiger partial charge in [-0.25, -0.2) is 0 Å². The molecule has 2 aromatic carbocycles. The molecule has 110 valence electrons. The van der Waals surface area contributed by atoms with Crippen LogP contribution in [-0.2, 0) is 5.41 Å². The Morgan fingerprint density at radius 2 is 1.76 bits per heavy atom. The molecule has 0 fully saturated rings. The molecule has 1 aromatic heterocycles. The van der Waals surface area contributed by atoms with Crippen LogP contribution >= 0.6 is 0 Å². The number of fused-ring (bicyclic) bond motifs is 3. The Morgan fingerprint density at radius 3 is 2.57 bits per heavy atom. The van der Waals surface area contributed by atoms with E-state index < -0.39 is 0 Å². The second-order valence-corrected chi connectivity index (χ2v) is 6.30. The topological polar surface area (TPSA) is 25.2 Å². The van der Waals surface area contributed by atoms with Crippen LogP contribution < -0.4 is 5.32 Å². The van der Waals surface area contributed by atoms with E-state index in [9.17, 15) is 0 Å². The van der Waals surface area contributed by atoms with Crippen molar-refractivity contribution < 1.29 is 4.42 Å². The number of hydrogen-bond donors (Lipinski definition) is 1. The van der Waals surface area contributed by atoms with Gasteiger partial charge in [0.2, 0.25) is 0 Å². The molecule has 2 heteroatoms. The van der Waals surface area contributed by atoms with Gasteiger partial charge in [0.25, 0.3) is 0 Å². The first-order chi connectivity index (χ1) is 10.1. The van der Waals surface area contributed by atoms with Crippen molar-refractivity contribution in [2.75, 3.05) is 13.1 Å². The molecule has 3 rings (SSSR count). The molecule has 0 amide bonds. The Morgan fingerprint density at radius 1 is 1.00 bits per heavy atom. The summed E-state index contributed by atoms with van der Waals surface area (Å²) in [5.41, 5.74) is 3.48. The Balaban J connectivity index is 2.01.